The minimum absolute atomic E-state index is 0.0363. The molecule has 2 saturated heterocycles. The molecule has 1 aromatic rings. The van der Waals surface area contributed by atoms with Crippen LogP contribution in [0.3, 0.4) is 0 Å². The zero-order valence-electron chi connectivity index (χ0n) is 14.7. The number of phenols is 1. The average Bonchev–Trinajstić information content (AvgIpc) is 2.86. The lowest BCUT2D eigenvalue weighted by molar-refractivity contribution is -0.175. The van der Waals surface area contributed by atoms with Crippen LogP contribution < -0.4 is 10.6 Å². The van der Waals surface area contributed by atoms with E-state index in [0.29, 0.717) is 25.7 Å². The first-order chi connectivity index (χ1) is 12.3. The molecule has 2 aliphatic heterocycles. The second-order valence-corrected chi connectivity index (χ2v) is 8.47. The highest BCUT2D eigenvalue weighted by atomic mass is 16.3. The number of fused-ring (bicyclic) bond motifs is 1. The Bertz CT molecular complexity index is 842. The first kappa shape index (κ1) is 16.1. The highest BCUT2D eigenvalue weighted by molar-refractivity contribution is 6.07. The summed E-state index contributed by atoms with van der Waals surface area (Å²) in [6.07, 6.45) is 2.61. The maximum atomic E-state index is 12.6. The number of likely N-dealkylation sites (tertiary alicyclic amines) is 1. The predicted octanol–water partition coefficient (Wildman–Crippen LogP) is 0.383. The zero-order chi connectivity index (χ0) is 18.3. The Hall–Kier alpha value is -2.12. The molecule has 4 aliphatic rings. The molecule has 7 nitrogen and oxygen atoms in total. The third-order valence-corrected chi connectivity index (χ3v) is 7.38. The molecule has 3 amide bonds. The number of carbonyl (C=O) groups is 2. The summed E-state index contributed by atoms with van der Waals surface area (Å²) in [7, 11) is 2.03. The van der Waals surface area contributed by atoms with Gasteiger partial charge in [-0.25, -0.2) is 4.79 Å². The van der Waals surface area contributed by atoms with Crippen molar-refractivity contribution in [1.82, 2.24) is 15.5 Å². The third kappa shape index (κ3) is 1.75. The molecule has 5 rings (SSSR count). The van der Waals surface area contributed by atoms with Gasteiger partial charge in [-0.1, -0.05) is 6.07 Å². The van der Waals surface area contributed by atoms with Gasteiger partial charge in [0, 0.05) is 11.5 Å². The molecule has 0 unspecified atom stereocenters. The van der Waals surface area contributed by atoms with Crippen molar-refractivity contribution < 1.29 is 19.8 Å². The third-order valence-electron chi connectivity index (χ3n) is 7.38. The number of phenolic OH excluding ortho intramolecular Hbond substituents is 1. The van der Waals surface area contributed by atoms with Crippen LogP contribution in [0.5, 0.6) is 5.75 Å². The molecule has 2 heterocycles. The van der Waals surface area contributed by atoms with Crippen LogP contribution in [0.15, 0.2) is 18.2 Å². The molecule has 0 aromatic heterocycles. The van der Waals surface area contributed by atoms with Gasteiger partial charge in [0.2, 0.25) is 0 Å². The van der Waals surface area contributed by atoms with Gasteiger partial charge in [-0.15, -0.1) is 0 Å². The van der Waals surface area contributed by atoms with Crippen LogP contribution in [-0.4, -0.2) is 57.8 Å². The highest BCUT2D eigenvalue weighted by Crippen LogP contribution is 2.60. The number of nitrogens with zero attached hydrogens (tertiary/aromatic N) is 1. The average molecular weight is 357 g/mol. The van der Waals surface area contributed by atoms with Gasteiger partial charge in [0.05, 0.1) is 5.60 Å². The van der Waals surface area contributed by atoms with Gasteiger partial charge >= 0.3 is 6.03 Å². The van der Waals surface area contributed by atoms with E-state index in [1.54, 1.807) is 12.1 Å². The monoisotopic (exact) mass is 357 g/mol. The van der Waals surface area contributed by atoms with E-state index in [9.17, 15) is 19.8 Å². The molecule has 4 atom stereocenters. The van der Waals surface area contributed by atoms with Crippen molar-refractivity contribution in [2.45, 2.75) is 54.7 Å². The second-order valence-electron chi connectivity index (χ2n) is 8.47. The van der Waals surface area contributed by atoms with E-state index in [4.69, 9.17) is 0 Å². The molecule has 7 heteroatoms. The minimum Gasteiger partial charge on any atom is -0.508 e. The van der Waals surface area contributed by atoms with Crippen molar-refractivity contribution in [2.24, 2.45) is 0 Å². The largest absolute Gasteiger partial charge is 0.508 e. The van der Waals surface area contributed by atoms with Crippen molar-refractivity contribution in [3.63, 3.8) is 0 Å². The topological polar surface area (TPSA) is 102 Å². The predicted molar refractivity (Wildman–Crippen MR) is 92.7 cm³/mol. The fraction of sp³-hybridized carbons (Fsp3) is 0.579. The Labute approximate surface area is 151 Å². The van der Waals surface area contributed by atoms with Gasteiger partial charge in [-0.2, -0.15) is 0 Å². The molecule has 1 aromatic carbocycles. The number of hydrogen-bond acceptors (Lipinski definition) is 5. The first-order valence-electron chi connectivity index (χ1n) is 9.18. The van der Waals surface area contributed by atoms with Crippen molar-refractivity contribution in [2.75, 3.05) is 13.6 Å². The van der Waals surface area contributed by atoms with Gasteiger partial charge in [0.15, 0.2) is 0 Å². The number of aliphatic hydroxyl groups is 1. The van der Waals surface area contributed by atoms with E-state index in [1.165, 1.54) is 0 Å². The number of carbonyl (C=O) groups excluding carboxylic acids is 2. The highest BCUT2D eigenvalue weighted by Gasteiger charge is 2.69. The van der Waals surface area contributed by atoms with Crippen molar-refractivity contribution in [3.05, 3.63) is 29.3 Å². The Morgan fingerprint density at radius 2 is 2.04 bits per heavy atom. The van der Waals surface area contributed by atoms with Crippen LogP contribution in [0.2, 0.25) is 0 Å². The number of rotatable bonds is 0. The smallest absolute Gasteiger partial charge is 0.322 e. The van der Waals surface area contributed by atoms with Gasteiger partial charge in [0.25, 0.3) is 5.91 Å². The lowest BCUT2D eigenvalue weighted by Gasteiger charge is -2.65. The van der Waals surface area contributed by atoms with Crippen LogP contribution >= 0.6 is 0 Å². The SMILES string of the molecule is CN1CC[C@]23C[C@]4(CC[C@@]2(O)[C@H]1Cc1ccc(O)cc13)NC(=O)NC4=O. The fourth-order valence-electron chi connectivity index (χ4n) is 6.09. The number of hydrogen-bond donors (Lipinski definition) is 4. The number of benzene rings is 1. The summed E-state index contributed by atoms with van der Waals surface area (Å²) in [6.45, 7) is 0.799. The summed E-state index contributed by atoms with van der Waals surface area (Å²) in [5.41, 5.74) is -0.601. The van der Waals surface area contributed by atoms with Crippen molar-refractivity contribution in [3.8, 4) is 5.75 Å². The zero-order valence-corrected chi connectivity index (χ0v) is 14.7. The van der Waals surface area contributed by atoms with Gasteiger partial charge in [-0.3, -0.25) is 10.1 Å². The molecule has 2 aliphatic carbocycles. The quantitative estimate of drug-likeness (QED) is 0.503. The van der Waals surface area contributed by atoms with E-state index in [-0.39, 0.29) is 17.7 Å². The van der Waals surface area contributed by atoms with Crippen LogP contribution in [0, 0.1) is 0 Å². The molecule has 1 saturated carbocycles. The summed E-state index contributed by atoms with van der Waals surface area (Å²) >= 11 is 0. The van der Waals surface area contributed by atoms with Gasteiger partial charge in [-0.05, 0) is 69.0 Å². The maximum Gasteiger partial charge on any atom is 0.322 e. The van der Waals surface area contributed by atoms with Crippen LogP contribution in [0.25, 0.3) is 0 Å². The molecule has 4 N–H and O–H groups in total. The lowest BCUT2D eigenvalue weighted by Crippen LogP contribution is -2.75. The Morgan fingerprint density at radius 3 is 2.77 bits per heavy atom. The normalized spacial score (nSPS) is 41.4. The van der Waals surface area contributed by atoms with Crippen LogP contribution in [0.4, 0.5) is 4.79 Å². The van der Waals surface area contributed by atoms with E-state index < -0.39 is 22.6 Å². The van der Waals surface area contributed by atoms with E-state index in [1.807, 2.05) is 13.1 Å². The van der Waals surface area contributed by atoms with Crippen molar-refractivity contribution in [1.29, 1.82) is 0 Å². The summed E-state index contributed by atoms with van der Waals surface area (Å²) in [5, 5.41) is 27.2. The second kappa shape index (κ2) is 4.78. The molecule has 2 bridgehead atoms. The number of aromatic hydroxyl groups is 1. The standard InChI is InChI=1S/C19H23N3O4/c1-22-7-6-17-10-18(15(24)20-16(25)21-18)4-5-19(17,26)14(22)8-11-2-3-12(23)9-13(11)17/h2-3,9,14,23,26H,4-8,10H2,1H3,(H2,20,21,24,25)/t14-,17-,18+,19-/m1/s1. The molecule has 1 spiro atoms. The number of amides is 3. The number of likely N-dealkylation sites (N-methyl/N-ethyl adjacent to an activating group) is 1. The summed E-state index contributed by atoms with van der Waals surface area (Å²) in [6, 6.07) is 4.85. The van der Waals surface area contributed by atoms with E-state index in [0.717, 1.165) is 24.1 Å². The van der Waals surface area contributed by atoms with Crippen LogP contribution in [-0.2, 0) is 16.6 Å². The number of urea groups is 1. The molecular formula is C19H23N3O4. The number of piperidine rings is 1. The molecule has 138 valence electrons. The van der Waals surface area contributed by atoms with Crippen LogP contribution in [0.1, 0.15) is 36.8 Å². The fourth-order valence-corrected chi connectivity index (χ4v) is 6.09. The van der Waals surface area contributed by atoms with Crippen molar-refractivity contribution >= 4 is 11.9 Å². The van der Waals surface area contributed by atoms with Gasteiger partial charge in [0.1, 0.15) is 11.3 Å². The molecule has 0 radical (unpaired) electrons. The molecular weight excluding hydrogens is 334 g/mol. The lowest BCUT2D eigenvalue weighted by atomic mass is 9.46. The summed E-state index contributed by atoms with van der Waals surface area (Å²) < 4.78 is 0. The first-order valence-corrected chi connectivity index (χ1v) is 9.18. The molecule has 3 fully saturated rings. The Kier molecular flexibility index (Phi) is 2.96. The minimum atomic E-state index is -0.986. The summed E-state index contributed by atoms with van der Waals surface area (Å²) in [5.74, 6) is -0.140. The Morgan fingerprint density at radius 1 is 1.23 bits per heavy atom. The van der Waals surface area contributed by atoms with E-state index in [2.05, 4.69) is 15.5 Å². The Balaban J connectivity index is 1.72. The summed E-state index contributed by atoms with van der Waals surface area (Å²) in [4.78, 5) is 26.6. The van der Waals surface area contributed by atoms with E-state index >= 15 is 0 Å². The number of nitrogens with one attached hydrogen (secondary N) is 2. The number of imide groups is 1. The van der Waals surface area contributed by atoms with Gasteiger partial charge < -0.3 is 20.4 Å². The maximum absolute atomic E-state index is 12.6. The molecule has 26 heavy (non-hydrogen) atoms.